The van der Waals surface area contributed by atoms with Gasteiger partial charge in [0.05, 0.1) is 18.3 Å². The number of fused-ring (bicyclic) bond motifs is 1. The second-order valence-corrected chi connectivity index (χ2v) is 9.55. The summed E-state index contributed by atoms with van der Waals surface area (Å²) in [5.74, 6) is 1.21. The summed E-state index contributed by atoms with van der Waals surface area (Å²) in [7, 11) is 5.37. The molecule has 0 saturated heterocycles. The number of nitrogens with zero attached hydrogens (tertiary/aromatic N) is 3. The lowest BCUT2D eigenvalue weighted by Gasteiger charge is -2.30. The molecule has 0 radical (unpaired) electrons. The zero-order valence-corrected chi connectivity index (χ0v) is 20.6. The largest absolute Gasteiger partial charge is 0.465 e. The molecule has 0 aliphatic heterocycles. The van der Waals surface area contributed by atoms with Gasteiger partial charge in [0, 0.05) is 31.6 Å². The Morgan fingerprint density at radius 1 is 1.12 bits per heavy atom. The number of nitrogens with one attached hydrogen (secondary N) is 3. The van der Waals surface area contributed by atoms with Crippen molar-refractivity contribution in [1.29, 1.82) is 0 Å². The van der Waals surface area contributed by atoms with Gasteiger partial charge in [-0.3, -0.25) is 0 Å². The summed E-state index contributed by atoms with van der Waals surface area (Å²) in [6, 6.07) is 10.5. The molecule has 8 nitrogen and oxygen atoms in total. The second-order valence-electron chi connectivity index (χ2n) is 8.23. The molecule has 174 valence electrons. The number of hydrogen-bond donors (Lipinski definition) is 3. The number of para-hydroxylation sites is 1. The Kier molecular flexibility index (Phi) is 7.24. The normalized spacial score (nSPS) is 17.9. The third kappa shape index (κ3) is 5.51. The van der Waals surface area contributed by atoms with Crippen molar-refractivity contribution in [3.63, 3.8) is 0 Å². The van der Waals surface area contributed by atoms with E-state index in [0.717, 1.165) is 42.4 Å². The number of benzene rings is 1. The number of methoxy groups -OCH3 is 1. The van der Waals surface area contributed by atoms with Gasteiger partial charge in [0.25, 0.3) is 0 Å². The molecule has 0 atom stereocenters. The minimum absolute atomic E-state index is 0.276. The van der Waals surface area contributed by atoms with Crippen LogP contribution in [0.5, 0.6) is 0 Å². The lowest BCUT2D eigenvalue weighted by atomic mass is 9.91. The number of aromatic nitrogens is 2. The van der Waals surface area contributed by atoms with Crippen LogP contribution in [0.15, 0.2) is 35.7 Å². The molecule has 3 aromatic rings. The maximum Gasteiger partial charge on any atom is 0.350 e. The number of thiophene rings is 1. The smallest absolute Gasteiger partial charge is 0.350 e. The molecule has 1 fully saturated rings. The van der Waals surface area contributed by atoms with Gasteiger partial charge in [-0.1, -0.05) is 12.1 Å². The van der Waals surface area contributed by atoms with Crippen molar-refractivity contribution in [2.45, 2.75) is 37.8 Å². The molecule has 0 bridgehead atoms. The summed E-state index contributed by atoms with van der Waals surface area (Å²) >= 11 is 6.80. The maximum absolute atomic E-state index is 11.8. The number of carbonyl (C=O) groups excluding carboxylic acids is 1. The Labute approximate surface area is 202 Å². The molecule has 1 aliphatic rings. The number of thiocarbonyl (C=S) groups is 1. The van der Waals surface area contributed by atoms with Crippen LogP contribution in [-0.2, 0) is 4.74 Å². The van der Waals surface area contributed by atoms with Crippen LogP contribution in [0.1, 0.15) is 35.4 Å². The first kappa shape index (κ1) is 23.2. The van der Waals surface area contributed by atoms with Gasteiger partial charge in [0.1, 0.15) is 10.7 Å². The number of ether oxygens (including phenoxy) is 1. The van der Waals surface area contributed by atoms with Crippen LogP contribution in [0, 0.1) is 0 Å². The Hall–Kier alpha value is -2.98. The van der Waals surface area contributed by atoms with Crippen LogP contribution in [0.2, 0.25) is 0 Å². The van der Waals surface area contributed by atoms with Crippen molar-refractivity contribution in [2.75, 3.05) is 36.7 Å². The van der Waals surface area contributed by atoms with Crippen molar-refractivity contribution in [3.8, 4) is 0 Å². The van der Waals surface area contributed by atoms with E-state index in [1.54, 1.807) is 0 Å². The predicted octanol–water partition coefficient (Wildman–Crippen LogP) is 4.25. The summed E-state index contributed by atoms with van der Waals surface area (Å²) < 4.78 is 4.82. The van der Waals surface area contributed by atoms with E-state index >= 15 is 0 Å². The van der Waals surface area contributed by atoms with E-state index in [4.69, 9.17) is 26.9 Å². The molecule has 2 aromatic heterocycles. The minimum Gasteiger partial charge on any atom is -0.465 e. The van der Waals surface area contributed by atoms with Crippen molar-refractivity contribution in [2.24, 2.45) is 0 Å². The molecule has 2 heterocycles. The van der Waals surface area contributed by atoms with E-state index in [-0.39, 0.29) is 12.0 Å². The number of carbonyl (C=O) groups is 1. The predicted molar refractivity (Wildman–Crippen MR) is 139 cm³/mol. The summed E-state index contributed by atoms with van der Waals surface area (Å²) in [6.45, 7) is 0. The number of esters is 1. The summed E-state index contributed by atoms with van der Waals surface area (Å²) in [5.41, 5.74) is 1.61. The molecule has 33 heavy (non-hydrogen) atoms. The molecule has 3 N–H and O–H groups in total. The fourth-order valence-electron chi connectivity index (χ4n) is 4.03. The summed E-state index contributed by atoms with van der Waals surface area (Å²) in [5, 5.41) is 13.4. The van der Waals surface area contributed by atoms with E-state index in [0.29, 0.717) is 27.7 Å². The molecule has 10 heteroatoms. The highest BCUT2D eigenvalue weighted by Gasteiger charge is 2.23. The van der Waals surface area contributed by atoms with Gasteiger partial charge >= 0.3 is 5.97 Å². The van der Waals surface area contributed by atoms with Crippen molar-refractivity contribution >= 4 is 63.0 Å². The lowest BCUT2D eigenvalue weighted by Crippen LogP contribution is -2.42. The molecule has 4 rings (SSSR count). The zero-order chi connectivity index (χ0) is 23.4. The van der Waals surface area contributed by atoms with Gasteiger partial charge < -0.3 is 25.6 Å². The Bertz CT molecular complexity index is 1140. The first-order valence-corrected chi connectivity index (χ1v) is 12.2. The highest BCUT2D eigenvalue weighted by molar-refractivity contribution is 7.80. The third-order valence-corrected chi connectivity index (χ3v) is 6.80. The maximum atomic E-state index is 11.8. The molecule has 0 unspecified atom stereocenters. The molecule has 1 aromatic carbocycles. The van der Waals surface area contributed by atoms with E-state index in [1.807, 2.05) is 54.7 Å². The quantitative estimate of drug-likeness (QED) is 0.351. The summed E-state index contributed by atoms with van der Waals surface area (Å²) in [4.78, 5) is 23.9. The van der Waals surface area contributed by atoms with E-state index in [1.165, 1.54) is 18.4 Å². The molecular formula is C23H28N6O2S2. The molecule has 0 spiro atoms. The van der Waals surface area contributed by atoms with E-state index < -0.39 is 0 Å². The second kappa shape index (κ2) is 10.3. The Balaban J connectivity index is 1.32. The van der Waals surface area contributed by atoms with Gasteiger partial charge in [-0.25, -0.2) is 9.78 Å². The summed E-state index contributed by atoms with van der Waals surface area (Å²) in [6.07, 6.45) is 3.92. The van der Waals surface area contributed by atoms with Crippen LogP contribution >= 0.6 is 23.6 Å². The Morgan fingerprint density at radius 3 is 2.58 bits per heavy atom. The van der Waals surface area contributed by atoms with Crippen molar-refractivity contribution in [3.05, 3.63) is 40.6 Å². The first-order chi connectivity index (χ1) is 15.9. The third-order valence-electron chi connectivity index (χ3n) is 5.69. The highest BCUT2D eigenvalue weighted by atomic mass is 32.1. The van der Waals surface area contributed by atoms with E-state index in [9.17, 15) is 4.79 Å². The van der Waals surface area contributed by atoms with E-state index in [2.05, 4.69) is 16.0 Å². The minimum atomic E-state index is -0.366. The van der Waals surface area contributed by atoms with Gasteiger partial charge in [-0.15, -0.1) is 11.3 Å². The SMILES string of the molecule is COC(=O)c1sccc1NC(=S)NC1CCC(Nc2nc(N(C)C)c3ccccc3n2)CC1. The van der Waals surface area contributed by atoms with Gasteiger partial charge in [-0.05, 0) is 61.5 Å². The van der Waals surface area contributed by atoms with Crippen LogP contribution in [0.25, 0.3) is 10.9 Å². The molecule has 1 saturated carbocycles. The van der Waals surface area contributed by atoms with Gasteiger partial charge in [0.2, 0.25) is 5.95 Å². The number of anilines is 3. The van der Waals surface area contributed by atoms with Crippen LogP contribution in [0.4, 0.5) is 17.5 Å². The van der Waals surface area contributed by atoms with Gasteiger partial charge in [-0.2, -0.15) is 4.98 Å². The van der Waals surface area contributed by atoms with Gasteiger partial charge in [0.15, 0.2) is 5.11 Å². The first-order valence-electron chi connectivity index (χ1n) is 10.9. The van der Waals surface area contributed by atoms with Crippen molar-refractivity contribution in [1.82, 2.24) is 15.3 Å². The Morgan fingerprint density at radius 2 is 1.85 bits per heavy atom. The zero-order valence-electron chi connectivity index (χ0n) is 18.9. The average Bonchev–Trinajstić information content (AvgIpc) is 3.27. The topological polar surface area (TPSA) is 91.4 Å². The highest BCUT2D eigenvalue weighted by Crippen LogP contribution is 2.27. The molecular weight excluding hydrogens is 456 g/mol. The number of rotatable bonds is 6. The molecule has 0 amide bonds. The number of hydrogen-bond acceptors (Lipinski definition) is 8. The van der Waals surface area contributed by atoms with Crippen LogP contribution in [0.3, 0.4) is 0 Å². The fourth-order valence-corrected chi connectivity index (χ4v) is 5.07. The van der Waals surface area contributed by atoms with Crippen LogP contribution < -0.4 is 20.9 Å². The fraction of sp³-hybridized carbons (Fsp3) is 0.391. The van der Waals surface area contributed by atoms with Crippen LogP contribution in [-0.4, -0.2) is 54.3 Å². The standard InChI is InChI=1S/C23H28N6O2S2/c1-29(2)20-16-6-4-5-7-17(16)26-22(28-20)24-14-8-10-15(11-9-14)25-23(32)27-18-12-13-33-19(18)21(30)31-3/h4-7,12-15H,8-11H2,1-3H3,(H,24,26,28)(H2,25,27,32). The monoisotopic (exact) mass is 484 g/mol. The van der Waals surface area contributed by atoms with Crippen molar-refractivity contribution < 1.29 is 9.53 Å². The average molecular weight is 485 g/mol. The lowest BCUT2D eigenvalue weighted by molar-refractivity contribution is 0.0607. The molecule has 1 aliphatic carbocycles.